The largest absolute Gasteiger partial charge is 0.354 e. The highest BCUT2D eigenvalue weighted by Gasteiger charge is 2.27. The van der Waals surface area contributed by atoms with Crippen molar-refractivity contribution in [1.29, 1.82) is 0 Å². The molecule has 0 bridgehead atoms. The molecule has 0 unspecified atom stereocenters. The van der Waals surface area contributed by atoms with Gasteiger partial charge in [0, 0.05) is 23.9 Å². The summed E-state index contributed by atoms with van der Waals surface area (Å²) in [6.45, 7) is 4.72. The zero-order valence-electron chi connectivity index (χ0n) is 13.2. The van der Waals surface area contributed by atoms with Crippen LogP contribution in [-0.4, -0.2) is 33.0 Å². The number of nitrogens with one attached hydrogen (secondary N) is 2. The van der Waals surface area contributed by atoms with Crippen molar-refractivity contribution in [2.75, 3.05) is 12.3 Å². The predicted molar refractivity (Wildman–Crippen MR) is 97.7 cm³/mol. The molecule has 0 radical (unpaired) electrons. The molecule has 0 spiro atoms. The number of hydrogen-bond acceptors (Lipinski definition) is 5. The molecule has 3 rings (SSSR count). The molecule has 0 saturated heterocycles. The molecule has 2 N–H and O–H groups in total. The van der Waals surface area contributed by atoms with Gasteiger partial charge in [-0.3, -0.25) is 9.89 Å². The lowest BCUT2D eigenvalue weighted by Crippen LogP contribution is -2.31. The number of aromatic amines is 1. The number of aromatic nitrogens is 3. The third-order valence-corrected chi connectivity index (χ3v) is 6.38. The molecule has 23 heavy (non-hydrogen) atoms. The van der Waals surface area contributed by atoms with Crippen LogP contribution in [0.25, 0.3) is 0 Å². The van der Waals surface area contributed by atoms with Gasteiger partial charge in [-0.05, 0) is 55.2 Å². The maximum absolute atomic E-state index is 12.5. The minimum Gasteiger partial charge on any atom is -0.354 e. The zero-order valence-corrected chi connectivity index (χ0v) is 15.6. The lowest BCUT2D eigenvalue weighted by molar-refractivity contribution is -0.120. The van der Waals surface area contributed by atoms with E-state index in [1.54, 1.807) is 23.1 Å². The van der Waals surface area contributed by atoms with Gasteiger partial charge in [-0.25, -0.2) is 0 Å². The van der Waals surface area contributed by atoms with E-state index in [0.717, 1.165) is 18.0 Å². The van der Waals surface area contributed by atoms with Gasteiger partial charge in [0.2, 0.25) is 5.91 Å². The number of aryl methyl sites for hydroxylation is 1. The van der Waals surface area contributed by atoms with Crippen LogP contribution in [0.2, 0.25) is 0 Å². The van der Waals surface area contributed by atoms with E-state index < -0.39 is 0 Å². The van der Waals surface area contributed by atoms with Crippen LogP contribution in [0.15, 0.2) is 11.4 Å². The SMILES string of the molecule is CC(C)n1c(CCNC(=O)[C@H]2SCCc3sccc32)n[nH]c1=S. The highest BCUT2D eigenvalue weighted by atomic mass is 32.2. The topological polar surface area (TPSA) is 62.7 Å². The second-order valence-corrected chi connectivity index (χ2v) is 8.35. The van der Waals surface area contributed by atoms with E-state index in [9.17, 15) is 4.79 Å². The number of carbonyl (C=O) groups excluding carboxylic acids is 1. The van der Waals surface area contributed by atoms with Gasteiger partial charge in [0.15, 0.2) is 4.77 Å². The van der Waals surface area contributed by atoms with Gasteiger partial charge in [-0.1, -0.05) is 0 Å². The lowest BCUT2D eigenvalue weighted by atomic mass is 10.1. The molecular formula is C15H20N4OS3. The number of nitrogens with zero attached hydrogens (tertiary/aromatic N) is 2. The van der Waals surface area contributed by atoms with Crippen molar-refractivity contribution in [1.82, 2.24) is 20.1 Å². The first-order chi connectivity index (χ1) is 11.1. The molecule has 1 atom stereocenters. The number of hydrogen-bond donors (Lipinski definition) is 2. The maximum atomic E-state index is 12.5. The first-order valence-electron chi connectivity index (χ1n) is 7.69. The zero-order chi connectivity index (χ0) is 16.4. The summed E-state index contributed by atoms with van der Waals surface area (Å²) in [6.07, 6.45) is 1.75. The molecule has 2 aromatic heterocycles. The minimum absolute atomic E-state index is 0.0732. The van der Waals surface area contributed by atoms with Crippen molar-refractivity contribution in [3.05, 3.63) is 32.5 Å². The van der Waals surface area contributed by atoms with Crippen molar-refractivity contribution in [2.24, 2.45) is 0 Å². The summed E-state index contributed by atoms with van der Waals surface area (Å²) in [7, 11) is 0. The summed E-state index contributed by atoms with van der Waals surface area (Å²) in [5, 5.41) is 12.2. The number of H-pyrrole nitrogens is 1. The van der Waals surface area contributed by atoms with Gasteiger partial charge in [-0.2, -0.15) is 5.10 Å². The lowest BCUT2D eigenvalue weighted by Gasteiger charge is -2.21. The van der Waals surface area contributed by atoms with Crippen LogP contribution in [0.3, 0.4) is 0 Å². The summed E-state index contributed by atoms with van der Waals surface area (Å²) in [5.74, 6) is 2.00. The first kappa shape index (κ1) is 16.7. The summed E-state index contributed by atoms with van der Waals surface area (Å²) < 4.78 is 2.63. The Balaban J connectivity index is 1.60. The predicted octanol–water partition coefficient (Wildman–Crippen LogP) is 3.27. The molecule has 5 nitrogen and oxygen atoms in total. The van der Waals surface area contributed by atoms with E-state index in [2.05, 4.69) is 40.8 Å². The van der Waals surface area contributed by atoms with E-state index in [1.807, 2.05) is 4.57 Å². The van der Waals surface area contributed by atoms with Crippen molar-refractivity contribution < 1.29 is 4.79 Å². The molecule has 8 heteroatoms. The van der Waals surface area contributed by atoms with E-state index in [0.29, 0.717) is 17.7 Å². The number of thiophene rings is 1. The Morgan fingerprint density at radius 1 is 1.61 bits per heavy atom. The Hall–Kier alpha value is -1.12. The summed E-state index contributed by atoms with van der Waals surface area (Å²) in [4.78, 5) is 13.8. The fourth-order valence-corrected chi connectivity index (χ4v) is 5.48. The molecule has 0 fully saturated rings. The van der Waals surface area contributed by atoms with Crippen molar-refractivity contribution in [3.8, 4) is 0 Å². The third-order valence-electron chi connectivity index (χ3n) is 3.86. The quantitative estimate of drug-likeness (QED) is 0.795. The third kappa shape index (κ3) is 3.54. The molecule has 1 aliphatic rings. The summed E-state index contributed by atoms with van der Waals surface area (Å²) in [6, 6.07) is 2.34. The molecule has 124 valence electrons. The molecular weight excluding hydrogens is 348 g/mol. The average Bonchev–Trinajstić information content (AvgIpc) is 3.13. The summed E-state index contributed by atoms with van der Waals surface area (Å²) in [5.41, 5.74) is 1.19. The average molecular weight is 369 g/mol. The monoisotopic (exact) mass is 368 g/mol. The molecule has 1 amide bonds. The first-order valence-corrected chi connectivity index (χ1v) is 10.0. The van der Waals surface area contributed by atoms with E-state index in [4.69, 9.17) is 12.2 Å². The Kier molecular flexibility index (Phi) is 5.23. The smallest absolute Gasteiger partial charge is 0.237 e. The van der Waals surface area contributed by atoms with Crippen molar-refractivity contribution in [2.45, 2.75) is 38.0 Å². The highest BCUT2D eigenvalue weighted by Crippen LogP contribution is 2.39. The van der Waals surface area contributed by atoms with Gasteiger partial charge >= 0.3 is 0 Å². The van der Waals surface area contributed by atoms with Gasteiger partial charge < -0.3 is 9.88 Å². The Labute approximate surface area is 148 Å². The van der Waals surface area contributed by atoms with Crippen LogP contribution < -0.4 is 5.32 Å². The van der Waals surface area contributed by atoms with Gasteiger partial charge in [0.1, 0.15) is 11.1 Å². The Bertz CT molecular complexity index is 746. The highest BCUT2D eigenvalue weighted by molar-refractivity contribution is 8.00. The molecule has 2 aromatic rings. The van der Waals surface area contributed by atoms with Crippen LogP contribution >= 0.6 is 35.3 Å². The van der Waals surface area contributed by atoms with Gasteiger partial charge in [0.05, 0.1) is 0 Å². The molecule has 1 aliphatic heterocycles. The summed E-state index contributed by atoms with van der Waals surface area (Å²) >= 11 is 8.72. The van der Waals surface area contributed by atoms with Gasteiger partial charge in [0.25, 0.3) is 0 Å². The van der Waals surface area contributed by atoms with E-state index >= 15 is 0 Å². The van der Waals surface area contributed by atoms with E-state index in [-0.39, 0.29) is 17.2 Å². The standard InChI is InChI=1S/C15H20N4OS3/c1-9(2)19-12(17-18-15(19)21)3-6-16-14(20)13-10-4-7-22-11(10)5-8-23-13/h4,7,9,13H,3,5-6,8H2,1-2H3,(H,16,20)(H,18,21)/t13-/m0/s1. The second kappa shape index (κ2) is 7.19. The number of thioether (sulfide) groups is 1. The Morgan fingerprint density at radius 2 is 2.43 bits per heavy atom. The number of fused-ring (bicyclic) bond motifs is 1. The fraction of sp³-hybridized carbons (Fsp3) is 0.533. The van der Waals surface area contributed by atoms with Crippen LogP contribution in [-0.2, 0) is 17.6 Å². The maximum Gasteiger partial charge on any atom is 0.237 e. The van der Waals surface area contributed by atoms with Crippen LogP contribution in [0.4, 0.5) is 0 Å². The molecule has 0 aliphatic carbocycles. The van der Waals surface area contributed by atoms with Crippen LogP contribution in [0, 0.1) is 4.77 Å². The van der Waals surface area contributed by atoms with Gasteiger partial charge in [-0.15, -0.1) is 23.1 Å². The molecule has 3 heterocycles. The van der Waals surface area contributed by atoms with Crippen LogP contribution in [0.1, 0.15) is 41.4 Å². The van der Waals surface area contributed by atoms with Crippen molar-refractivity contribution >= 4 is 41.2 Å². The minimum atomic E-state index is -0.0732. The van der Waals surface area contributed by atoms with Crippen LogP contribution in [0.5, 0.6) is 0 Å². The second-order valence-electron chi connectivity index (χ2n) is 5.75. The van der Waals surface area contributed by atoms with Crippen molar-refractivity contribution in [3.63, 3.8) is 0 Å². The molecule has 0 saturated carbocycles. The molecule has 0 aromatic carbocycles. The normalized spacial score (nSPS) is 17.3. The number of carbonyl (C=O) groups is 1. The fourth-order valence-electron chi connectivity index (χ4n) is 2.80. The number of rotatable bonds is 5. The van der Waals surface area contributed by atoms with E-state index in [1.165, 1.54) is 10.4 Å². The number of amides is 1. The Morgan fingerprint density at radius 3 is 3.22 bits per heavy atom.